The van der Waals surface area contributed by atoms with Gasteiger partial charge >= 0.3 is 0 Å². The Kier molecular flexibility index (Phi) is 5.67. The van der Waals surface area contributed by atoms with Crippen LogP contribution in [0.25, 0.3) is 0 Å². The van der Waals surface area contributed by atoms with Crippen LogP contribution in [-0.4, -0.2) is 19.6 Å². The van der Waals surface area contributed by atoms with Crippen LogP contribution in [0.1, 0.15) is 11.1 Å². The zero-order valence-corrected chi connectivity index (χ0v) is 13.3. The molecule has 0 unspecified atom stereocenters. The van der Waals surface area contributed by atoms with Gasteiger partial charge in [-0.3, -0.25) is 4.79 Å². The highest BCUT2D eigenvalue weighted by molar-refractivity contribution is 6.31. The van der Waals surface area contributed by atoms with Gasteiger partial charge in [-0.05, 0) is 36.8 Å². The minimum atomic E-state index is -0.196. The average Bonchev–Trinajstić information content (AvgIpc) is 2.54. The van der Waals surface area contributed by atoms with Gasteiger partial charge < -0.3 is 14.8 Å². The van der Waals surface area contributed by atoms with Crippen molar-refractivity contribution in [3.8, 4) is 11.5 Å². The summed E-state index contributed by atoms with van der Waals surface area (Å²) in [5.41, 5.74) is 1.83. The highest BCUT2D eigenvalue weighted by Crippen LogP contribution is 2.21. The number of methoxy groups -OCH3 is 1. The van der Waals surface area contributed by atoms with Crippen LogP contribution < -0.4 is 14.8 Å². The van der Waals surface area contributed by atoms with E-state index in [9.17, 15) is 4.79 Å². The Morgan fingerprint density at radius 1 is 1.23 bits per heavy atom. The molecule has 4 nitrogen and oxygen atoms in total. The van der Waals surface area contributed by atoms with Crippen LogP contribution in [0.15, 0.2) is 42.5 Å². The molecule has 0 aliphatic heterocycles. The smallest absolute Gasteiger partial charge is 0.258 e. The Balaban J connectivity index is 1.84. The predicted molar refractivity (Wildman–Crippen MR) is 86.5 cm³/mol. The van der Waals surface area contributed by atoms with Crippen molar-refractivity contribution in [3.63, 3.8) is 0 Å². The summed E-state index contributed by atoms with van der Waals surface area (Å²) in [5.74, 6) is 1.17. The molecule has 1 N–H and O–H groups in total. The molecule has 1 amide bonds. The number of benzene rings is 2. The van der Waals surface area contributed by atoms with Gasteiger partial charge in [0.15, 0.2) is 6.61 Å². The van der Waals surface area contributed by atoms with Crippen molar-refractivity contribution in [1.82, 2.24) is 5.32 Å². The number of halogens is 1. The highest BCUT2D eigenvalue weighted by atomic mass is 35.5. The first-order valence-corrected chi connectivity index (χ1v) is 7.25. The van der Waals surface area contributed by atoms with Gasteiger partial charge in [0.1, 0.15) is 11.5 Å². The number of carbonyl (C=O) groups excluding carboxylic acids is 1. The summed E-state index contributed by atoms with van der Waals surface area (Å²) in [5, 5.41) is 3.47. The SMILES string of the molecule is COc1ccccc1CNC(=O)COc1ccc(Cl)c(C)c1. The monoisotopic (exact) mass is 319 g/mol. The maximum atomic E-state index is 11.8. The van der Waals surface area contributed by atoms with Gasteiger partial charge in [-0.25, -0.2) is 0 Å². The van der Waals surface area contributed by atoms with Gasteiger partial charge in [-0.1, -0.05) is 29.8 Å². The molecular weight excluding hydrogens is 302 g/mol. The quantitative estimate of drug-likeness (QED) is 0.888. The molecule has 0 atom stereocenters. The second kappa shape index (κ2) is 7.71. The van der Waals surface area contributed by atoms with Crippen LogP contribution in [0.5, 0.6) is 11.5 Å². The summed E-state index contributed by atoms with van der Waals surface area (Å²) in [6, 6.07) is 12.8. The molecule has 116 valence electrons. The summed E-state index contributed by atoms with van der Waals surface area (Å²) in [4.78, 5) is 11.8. The zero-order valence-electron chi connectivity index (χ0n) is 12.6. The lowest BCUT2D eigenvalue weighted by molar-refractivity contribution is -0.123. The normalized spacial score (nSPS) is 10.1. The van der Waals surface area contributed by atoms with Crippen LogP contribution in [0.4, 0.5) is 0 Å². The Bertz CT molecular complexity index is 658. The van der Waals surface area contributed by atoms with Crippen molar-refractivity contribution in [1.29, 1.82) is 0 Å². The van der Waals surface area contributed by atoms with Crippen LogP contribution in [-0.2, 0) is 11.3 Å². The topological polar surface area (TPSA) is 47.6 Å². The number of rotatable bonds is 6. The molecule has 0 fully saturated rings. The van der Waals surface area contributed by atoms with E-state index in [-0.39, 0.29) is 12.5 Å². The molecule has 2 rings (SSSR count). The van der Waals surface area contributed by atoms with E-state index in [0.29, 0.717) is 17.3 Å². The van der Waals surface area contributed by atoms with E-state index < -0.39 is 0 Å². The summed E-state index contributed by atoms with van der Waals surface area (Å²) in [6.45, 7) is 2.24. The van der Waals surface area contributed by atoms with Crippen LogP contribution >= 0.6 is 11.6 Å². The van der Waals surface area contributed by atoms with Crippen LogP contribution in [0.2, 0.25) is 5.02 Å². The van der Waals surface area contributed by atoms with E-state index >= 15 is 0 Å². The van der Waals surface area contributed by atoms with Crippen molar-refractivity contribution >= 4 is 17.5 Å². The molecule has 2 aromatic carbocycles. The van der Waals surface area contributed by atoms with Crippen molar-refractivity contribution in [2.45, 2.75) is 13.5 Å². The number of amides is 1. The van der Waals surface area contributed by atoms with Crippen molar-refractivity contribution in [2.75, 3.05) is 13.7 Å². The fraction of sp³-hybridized carbons (Fsp3) is 0.235. The van der Waals surface area contributed by atoms with Crippen molar-refractivity contribution < 1.29 is 14.3 Å². The third-order valence-corrected chi connectivity index (χ3v) is 3.59. The lowest BCUT2D eigenvalue weighted by Crippen LogP contribution is -2.28. The lowest BCUT2D eigenvalue weighted by Gasteiger charge is -2.10. The summed E-state index contributed by atoms with van der Waals surface area (Å²) in [6.07, 6.45) is 0. The van der Waals surface area contributed by atoms with Crippen LogP contribution in [0, 0.1) is 6.92 Å². The Hall–Kier alpha value is -2.20. The van der Waals surface area contributed by atoms with Gasteiger partial charge in [0, 0.05) is 17.1 Å². The molecule has 0 aliphatic rings. The summed E-state index contributed by atoms with van der Waals surface area (Å²) < 4.78 is 10.7. The molecule has 0 spiro atoms. The standard InChI is InChI=1S/C17H18ClNO3/c1-12-9-14(7-8-15(12)18)22-11-17(20)19-10-13-5-3-4-6-16(13)21-2/h3-9H,10-11H2,1-2H3,(H,19,20). The molecule has 0 aromatic heterocycles. The number of ether oxygens (including phenoxy) is 2. The third kappa shape index (κ3) is 4.40. The van der Waals surface area contributed by atoms with E-state index in [1.165, 1.54) is 0 Å². The van der Waals surface area contributed by atoms with Gasteiger partial charge in [-0.15, -0.1) is 0 Å². The molecule has 2 aromatic rings. The minimum absolute atomic E-state index is 0.0454. The number of para-hydroxylation sites is 1. The first-order valence-electron chi connectivity index (χ1n) is 6.87. The summed E-state index contributed by atoms with van der Waals surface area (Å²) >= 11 is 5.94. The van der Waals surface area contributed by atoms with Crippen molar-refractivity contribution in [2.24, 2.45) is 0 Å². The van der Waals surface area contributed by atoms with Crippen LogP contribution in [0.3, 0.4) is 0 Å². The number of carbonyl (C=O) groups is 1. The number of hydrogen-bond acceptors (Lipinski definition) is 3. The molecule has 22 heavy (non-hydrogen) atoms. The number of nitrogens with one attached hydrogen (secondary N) is 1. The molecule has 0 saturated heterocycles. The minimum Gasteiger partial charge on any atom is -0.496 e. The molecular formula is C17H18ClNO3. The fourth-order valence-corrected chi connectivity index (χ4v) is 2.07. The van der Waals surface area contributed by atoms with Gasteiger partial charge in [0.25, 0.3) is 5.91 Å². The van der Waals surface area contributed by atoms with Crippen molar-refractivity contribution in [3.05, 3.63) is 58.6 Å². The van der Waals surface area contributed by atoms with Gasteiger partial charge in [-0.2, -0.15) is 0 Å². The second-order valence-corrected chi connectivity index (χ2v) is 5.20. The zero-order chi connectivity index (χ0) is 15.9. The van der Waals surface area contributed by atoms with E-state index in [2.05, 4.69) is 5.32 Å². The number of aryl methyl sites for hydroxylation is 1. The molecule has 5 heteroatoms. The lowest BCUT2D eigenvalue weighted by atomic mass is 10.2. The van der Waals surface area contributed by atoms with E-state index in [4.69, 9.17) is 21.1 Å². The molecule has 0 saturated carbocycles. The Labute approximate surface area is 135 Å². The maximum absolute atomic E-state index is 11.8. The first kappa shape index (κ1) is 16.2. The Morgan fingerprint density at radius 3 is 2.73 bits per heavy atom. The highest BCUT2D eigenvalue weighted by Gasteiger charge is 2.06. The molecule has 0 bridgehead atoms. The molecule has 0 aliphatic carbocycles. The van der Waals surface area contributed by atoms with E-state index in [1.54, 1.807) is 25.3 Å². The van der Waals surface area contributed by atoms with Gasteiger partial charge in [0.05, 0.1) is 7.11 Å². The molecule has 0 radical (unpaired) electrons. The maximum Gasteiger partial charge on any atom is 0.258 e. The first-order chi connectivity index (χ1) is 10.6. The van der Waals surface area contributed by atoms with E-state index in [1.807, 2.05) is 31.2 Å². The largest absolute Gasteiger partial charge is 0.496 e. The molecule has 0 heterocycles. The fourth-order valence-electron chi connectivity index (χ4n) is 1.95. The van der Waals surface area contributed by atoms with E-state index in [0.717, 1.165) is 16.9 Å². The second-order valence-electron chi connectivity index (χ2n) is 4.79. The third-order valence-electron chi connectivity index (χ3n) is 3.17. The Morgan fingerprint density at radius 2 is 2.00 bits per heavy atom. The predicted octanol–water partition coefficient (Wildman–Crippen LogP) is 3.35. The summed E-state index contributed by atoms with van der Waals surface area (Å²) in [7, 11) is 1.60. The average molecular weight is 320 g/mol. The number of hydrogen-bond donors (Lipinski definition) is 1. The van der Waals surface area contributed by atoms with Gasteiger partial charge in [0.2, 0.25) is 0 Å².